The fourth-order valence-corrected chi connectivity index (χ4v) is 2.89. The quantitative estimate of drug-likeness (QED) is 0.774. The smallest absolute Gasteiger partial charge is 0.268 e. The van der Waals surface area contributed by atoms with Crippen molar-refractivity contribution in [1.29, 1.82) is 0 Å². The Morgan fingerprint density at radius 2 is 2.00 bits per heavy atom. The molecule has 0 saturated heterocycles. The number of aromatic nitrogens is 1. The number of rotatable bonds is 6. The second-order valence-corrected chi connectivity index (χ2v) is 6.91. The van der Waals surface area contributed by atoms with Crippen molar-refractivity contribution < 1.29 is 4.79 Å². The van der Waals surface area contributed by atoms with Crippen molar-refractivity contribution in [2.24, 2.45) is 5.92 Å². The summed E-state index contributed by atoms with van der Waals surface area (Å²) in [6, 6.07) is 6.50. The van der Waals surface area contributed by atoms with Gasteiger partial charge in [0, 0.05) is 24.0 Å². The molecule has 0 fully saturated rings. The molecule has 0 saturated carbocycles. The molecule has 0 aliphatic rings. The summed E-state index contributed by atoms with van der Waals surface area (Å²) < 4.78 is 2.07. The van der Waals surface area contributed by atoms with Gasteiger partial charge in [0.15, 0.2) is 0 Å². The topological polar surface area (TPSA) is 34.0 Å². The van der Waals surface area contributed by atoms with Gasteiger partial charge in [0.1, 0.15) is 5.69 Å². The van der Waals surface area contributed by atoms with Crippen LogP contribution in [0.3, 0.4) is 0 Å². The van der Waals surface area contributed by atoms with Gasteiger partial charge in [-0.05, 0) is 42.0 Å². The van der Waals surface area contributed by atoms with Crippen molar-refractivity contribution in [3.63, 3.8) is 0 Å². The van der Waals surface area contributed by atoms with E-state index in [9.17, 15) is 4.79 Å². The normalized spacial score (nSPS) is 11.4. The number of nitrogens with one attached hydrogen (secondary N) is 1. The first-order valence-electron chi connectivity index (χ1n) is 8.38. The average molecular weight is 312 g/mol. The Kier molecular flexibility index (Phi) is 5.30. The standard InChI is InChI=1S/C20H28N2O/c1-7-10-22-18-9-8-16(14(4)5)11-17(18)15(6)19(22)20(23)21-12-13(2)3/h7-9,11,13-14H,1,10,12H2,2-6H3,(H,21,23). The lowest BCUT2D eigenvalue weighted by Gasteiger charge is -2.11. The zero-order valence-corrected chi connectivity index (χ0v) is 14.9. The molecule has 1 aromatic heterocycles. The molecular formula is C20H28N2O. The van der Waals surface area contributed by atoms with E-state index in [2.05, 4.69) is 62.4 Å². The van der Waals surface area contributed by atoms with Crippen LogP contribution in [0, 0.1) is 12.8 Å². The number of allylic oxidation sites excluding steroid dienone is 1. The maximum atomic E-state index is 12.7. The molecule has 1 amide bonds. The Bertz CT molecular complexity index is 723. The van der Waals surface area contributed by atoms with E-state index in [1.54, 1.807) is 0 Å². The molecule has 3 nitrogen and oxygen atoms in total. The van der Waals surface area contributed by atoms with Crippen LogP contribution in [0.4, 0.5) is 0 Å². The van der Waals surface area contributed by atoms with Gasteiger partial charge in [-0.2, -0.15) is 0 Å². The van der Waals surface area contributed by atoms with Crippen molar-refractivity contribution in [2.75, 3.05) is 6.54 Å². The fraction of sp³-hybridized carbons (Fsp3) is 0.450. The minimum Gasteiger partial charge on any atom is -0.350 e. The highest BCUT2D eigenvalue weighted by atomic mass is 16.1. The van der Waals surface area contributed by atoms with E-state index in [4.69, 9.17) is 0 Å². The summed E-state index contributed by atoms with van der Waals surface area (Å²) in [6.07, 6.45) is 1.84. The molecule has 0 unspecified atom stereocenters. The SMILES string of the molecule is C=CCn1c(C(=O)NCC(C)C)c(C)c2cc(C(C)C)ccc21. The van der Waals surface area contributed by atoms with Gasteiger partial charge < -0.3 is 9.88 Å². The van der Waals surface area contributed by atoms with E-state index in [1.165, 1.54) is 5.56 Å². The van der Waals surface area contributed by atoms with Crippen LogP contribution in [0.15, 0.2) is 30.9 Å². The molecule has 0 spiro atoms. The molecule has 0 aliphatic heterocycles. The van der Waals surface area contributed by atoms with Gasteiger partial charge in [-0.15, -0.1) is 6.58 Å². The molecule has 1 heterocycles. The summed E-state index contributed by atoms with van der Waals surface area (Å²) in [5.74, 6) is 0.907. The maximum absolute atomic E-state index is 12.7. The lowest BCUT2D eigenvalue weighted by Crippen LogP contribution is -2.29. The summed E-state index contributed by atoms with van der Waals surface area (Å²) in [6.45, 7) is 15.8. The number of nitrogens with zero attached hydrogens (tertiary/aromatic N) is 1. The first-order chi connectivity index (χ1) is 10.9. The number of amides is 1. The van der Waals surface area contributed by atoms with Crippen LogP contribution in [0.5, 0.6) is 0 Å². The number of fused-ring (bicyclic) bond motifs is 1. The lowest BCUT2D eigenvalue weighted by atomic mass is 10.0. The van der Waals surface area contributed by atoms with Gasteiger partial charge in [0.25, 0.3) is 5.91 Å². The first-order valence-corrected chi connectivity index (χ1v) is 8.38. The summed E-state index contributed by atoms with van der Waals surface area (Å²) in [5, 5.41) is 4.20. The number of hydrogen-bond donors (Lipinski definition) is 1. The van der Waals surface area contributed by atoms with Crippen molar-refractivity contribution in [1.82, 2.24) is 9.88 Å². The zero-order valence-electron chi connectivity index (χ0n) is 14.9. The molecule has 1 aromatic carbocycles. The van der Waals surface area contributed by atoms with Gasteiger partial charge in [0.2, 0.25) is 0 Å². The molecule has 1 N–H and O–H groups in total. The highest BCUT2D eigenvalue weighted by Gasteiger charge is 2.20. The minimum atomic E-state index is 0.000321. The number of hydrogen-bond acceptors (Lipinski definition) is 1. The van der Waals surface area contributed by atoms with Crippen LogP contribution < -0.4 is 5.32 Å². The van der Waals surface area contributed by atoms with Crippen LogP contribution in [-0.2, 0) is 6.54 Å². The molecule has 0 radical (unpaired) electrons. The highest BCUT2D eigenvalue weighted by Crippen LogP contribution is 2.29. The van der Waals surface area contributed by atoms with Gasteiger partial charge in [-0.25, -0.2) is 0 Å². The predicted octanol–water partition coefficient (Wildman–Crippen LogP) is 4.64. The molecule has 0 aliphatic carbocycles. The third-order valence-electron chi connectivity index (χ3n) is 4.20. The number of carbonyl (C=O) groups excluding carboxylic acids is 1. The van der Waals surface area contributed by atoms with Crippen molar-refractivity contribution in [3.05, 3.63) is 47.7 Å². The third-order valence-corrected chi connectivity index (χ3v) is 4.20. The molecule has 0 atom stereocenters. The van der Waals surface area contributed by atoms with E-state index in [-0.39, 0.29) is 5.91 Å². The number of aryl methyl sites for hydroxylation is 1. The summed E-state index contributed by atoms with van der Waals surface area (Å²) in [5.41, 5.74) is 4.19. The van der Waals surface area contributed by atoms with Gasteiger partial charge in [0.05, 0.1) is 0 Å². The average Bonchev–Trinajstić information content (AvgIpc) is 2.77. The predicted molar refractivity (Wildman–Crippen MR) is 98.1 cm³/mol. The fourth-order valence-electron chi connectivity index (χ4n) is 2.89. The maximum Gasteiger partial charge on any atom is 0.268 e. The van der Waals surface area contributed by atoms with Crippen LogP contribution in [0.25, 0.3) is 10.9 Å². The monoisotopic (exact) mass is 312 g/mol. The van der Waals surface area contributed by atoms with E-state index < -0.39 is 0 Å². The second kappa shape index (κ2) is 7.03. The Hall–Kier alpha value is -2.03. The van der Waals surface area contributed by atoms with Crippen LogP contribution in [-0.4, -0.2) is 17.0 Å². The summed E-state index contributed by atoms with van der Waals surface area (Å²) in [7, 11) is 0. The van der Waals surface area contributed by atoms with E-state index >= 15 is 0 Å². The Morgan fingerprint density at radius 3 is 2.57 bits per heavy atom. The van der Waals surface area contributed by atoms with Gasteiger partial charge in [-0.1, -0.05) is 39.8 Å². The summed E-state index contributed by atoms with van der Waals surface area (Å²) >= 11 is 0. The molecular weight excluding hydrogens is 284 g/mol. The van der Waals surface area contributed by atoms with Crippen LogP contribution >= 0.6 is 0 Å². The van der Waals surface area contributed by atoms with Crippen LogP contribution in [0.2, 0.25) is 0 Å². The van der Waals surface area contributed by atoms with Crippen molar-refractivity contribution >= 4 is 16.8 Å². The largest absolute Gasteiger partial charge is 0.350 e. The van der Waals surface area contributed by atoms with Crippen molar-refractivity contribution in [3.8, 4) is 0 Å². The Morgan fingerprint density at radius 1 is 1.30 bits per heavy atom. The minimum absolute atomic E-state index is 0.000321. The second-order valence-electron chi connectivity index (χ2n) is 6.91. The first kappa shape index (κ1) is 17.3. The molecule has 0 bridgehead atoms. The van der Waals surface area contributed by atoms with E-state index in [1.807, 2.05) is 13.0 Å². The van der Waals surface area contributed by atoms with Crippen molar-refractivity contribution in [2.45, 2.75) is 47.1 Å². The molecule has 23 heavy (non-hydrogen) atoms. The highest BCUT2D eigenvalue weighted by molar-refractivity contribution is 6.01. The number of benzene rings is 1. The molecule has 124 valence electrons. The van der Waals surface area contributed by atoms with Gasteiger partial charge in [-0.3, -0.25) is 4.79 Å². The molecule has 2 rings (SSSR count). The number of carbonyl (C=O) groups is 1. The zero-order chi connectivity index (χ0) is 17.1. The molecule has 3 heteroatoms. The Labute approximate surface area is 139 Å². The van der Waals surface area contributed by atoms with E-state index in [0.29, 0.717) is 24.9 Å². The van der Waals surface area contributed by atoms with Gasteiger partial charge >= 0.3 is 0 Å². The lowest BCUT2D eigenvalue weighted by molar-refractivity contribution is 0.0940. The molecule has 2 aromatic rings. The Balaban J connectivity index is 2.57. The van der Waals surface area contributed by atoms with E-state index in [0.717, 1.165) is 22.2 Å². The summed E-state index contributed by atoms with van der Waals surface area (Å²) in [4.78, 5) is 12.7. The van der Waals surface area contributed by atoms with Crippen LogP contribution in [0.1, 0.15) is 55.2 Å². The third kappa shape index (κ3) is 3.49.